The van der Waals surface area contributed by atoms with Gasteiger partial charge in [-0.15, -0.1) is 0 Å². The van der Waals surface area contributed by atoms with Crippen LogP contribution in [0.5, 0.6) is 5.75 Å². The van der Waals surface area contributed by atoms with Crippen molar-refractivity contribution >= 4 is 27.8 Å². The van der Waals surface area contributed by atoms with Crippen molar-refractivity contribution in [1.82, 2.24) is 14.9 Å². The Labute approximate surface area is 162 Å². The molecular formula is C17H23FN4O5S. The number of rotatable bonds is 2. The summed E-state index contributed by atoms with van der Waals surface area (Å²) in [5.41, 5.74) is -0.0833. The summed E-state index contributed by atoms with van der Waals surface area (Å²) in [7, 11) is -4.27. The summed E-state index contributed by atoms with van der Waals surface area (Å²) in [6, 6.07) is 0.941. The van der Waals surface area contributed by atoms with Crippen LogP contribution in [0.4, 0.5) is 14.9 Å². The van der Waals surface area contributed by atoms with E-state index in [4.69, 9.17) is 0 Å². The SMILES string of the molecule is CC(C)(C)CNC(=O)N1CCc2cc(O)c(N3CC(=O)NS3(=O)=O)c(F)c2C1. The predicted molar refractivity (Wildman–Crippen MR) is 99.4 cm³/mol. The number of benzene rings is 1. The number of aromatic hydroxyl groups is 1. The van der Waals surface area contributed by atoms with Crippen LogP contribution in [0.2, 0.25) is 0 Å². The molecule has 2 aliphatic heterocycles. The number of nitrogens with zero attached hydrogens (tertiary/aromatic N) is 2. The Morgan fingerprint density at radius 3 is 2.61 bits per heavy atom. The molecule has 0 saturated carbocycles. The summed E-state index contributed by atoms with van der Waals surface area (Å²) in [5, 5.41) is 13.0. The van der Waals surface area contributed by atoms with Gasteiger partial charge in [0.25, 0.3) is 5.91 Å². The van der Waals surface area contributed by atoms with E-state index in [-0.39, 0.29) is 23.6 Å². The highest BCUT2D eigenvalue weighted by atomic mass is 32.2. The average Bonchev–Trinajstić information content (AvgIpc) is 2.84. The van der Waals surface area contributed by atoms with Gasteiger partial charge < -0.3 is 15.3 Å². The van der Waals surface area contributed by atoms with Crippen molar-refractivity contribution in [2.45, 2.75) is 33.7 Å². The molecule has 0 spiro atoms. The molecule has 1 saturated heterocycles. The molecule has 0 radical (unpaired) electrons. The molecule has 3 amide bonds. The van der Waals surface area contributed by atoms with E-state index in [2.05, 4.69) is 5.32 Å². The third-order valence-corrected chi connectivity index (χ3v) is 5.92. The summed E-state index contributed by atoms with van der Waals surface area (Å²) < 4.78 is 41.5. The molecule has 154 valence electrons. The zero-order chi connectivity index (χ0) is 20.9. The van der Waals surface area contributed by atoms with E-state index in [9.17, 15) is 23.1 Å². The highest BCUT2D eigenvalue weighted by molar-refractivity contribution is 7.92. The van der Waals surface area contributed by atoms with E-state index < -0.39 is 39.9 Å². The fourth-order valence-corrected chi connectivity index (χ4v) is 4.31. The van der Waals surface area contributed by atoms with Crippen molar-refractivity contribution < 1.29 is 27.5 Å². The molecule has 0 atom stereocenters. The molecule has 3 N–H and O–H groups in total. The van der Waals surface area contributed by atoms with Gasteiger partial charge in [-0.3, -0.25) is 4.79 Å². The van der Waals surface area contributed by atoms with Crippen molar-refractivity contribution in [2.24, 2.45) is 5.41 Å². The van der Waals surface area contributed by atoms with Crippen molar-refractivity contribution in [2.75, 3.05) is 23.9 Å². The molecule has 1 fully saturated rings. The summed E-state index contributed by atoms with van der Waals surface area (Å²) >= 11 is 0. The van der Waals surface area contributed by atoms with E-state index in [1.165, 1.54) is 11.0 Å². The van der Waals surface area contributed by atoms with Crippen molar-refractivity contribution in [3.63, 3.8) is 0 Å². The lowest BCUT2D eigenvalue weighted by Crippen LogP contribution is -2.45. The summed E-state index contributed by atoms with van der Waals surface area (Å²) in [5.74, 6) is -2.34. The maximum Gasteiger partial charge on any atom is 0.326 e. The van der Waals surface area contributed by atoms with Crippen molar-refractivity contribution in [3.05, 3.63) is 23.0 Å². The van der Waals surface area contributed by atoms with Gasteiger partial charge in [0.1, 0.15) is 18.0 Å². The molecule has 28 heavy (non-hydrogen) atoms. The minimum Gasteiger partial charge on any atom is -0.506 e. The van der Waals surface area contributed by atoms with Gasteiger partial charge in [-0.2, -0.15) is 8.42 Å². The maximum atomic E-state index is 15.2. The summed E-state index contributed by atoms with van der Waals surface area (Å²) in [6.07, 6.45) is 0.312. The highest BCUT2D eigenvalue weighted by Gasteiger charge is 2.39. The van der Waals surface area contributed by atoms with Crippen LogP contribution >= 0.6 is 0 Å². The molecular weight excluding hydrogens is 391 g/mol. The Balaban J connectivity index is 1.90. The number of halogens is 1. The Bertz CT molecular complexity index is 942. The third kappa shape index (κ3) is 3.84. The van der Waals surface area contributed by atoms with Gasteiger partial charge in [-0.1, -0.05) is 20.8 Å². The fourth-order valence-electron chi connectivity index (χ4n) is 3.15. The number of nitrogens with one attached hydrogen (secondary N) is 2. The second-order valence-electron chi connectivity index (χ2n) is 8.12. The molecule has 0 aromatic heterocycles. The first-order valence-electron chi connectivity index (χ1n) is 8.78. The topological polar surface area (TPSA) is 119 Å². The Kier molecular flexibility index (Phi) is 4.90. The minimum atomic E-state index is -4.27. The number of carbonyl (C=O) groups is 2. The molecule has 1 aromatic rings. The van der Waals surface area contributed by atoms with E-state index in [0.29, 0.717) is 29.4 Å². The van der Waals surface area contributed by atoms with E-state index >= 15 is 4.39 Å². The van der Waals surface area contributed by atoms with Gasteiger partial charge >= 0.3 is 16.2 Å². The second kappa shape index (κ2) is 6.80. The largest absolute Gasteiger partial charge is 0.506 e. The average molecular weight is 414 g/mol. The summed E-state index contributed by atoms with van der Waals surface area (Å²) in [6.45, 7) is 6.00. The monoisotopic (exact) mass is 414 g/mol. The maximum absolute atomic E-state index is 15.2. The number of amides is 3. The zero-order valence-corrected chi connectivity index (χ0v) is 16.7. The molecule has 0 unspecified atom stereocenters. The van der Waals surface area contributed by atoms with Crippen LogP contribution < -0.4 is 14.3 Å². The molecule has 3 rings (SSSR count). The Morgan fingerprint density at radius 1 is 1.36 bits per heavy atom. The lowest BCUT2D eigenvalue weighted by molar-refractivity contribution is -0.117. The predicted octanol–water partition coefficient (Wildman–Crippen LogP) is 0.826. The standard InChI is InChI=1S/C17H23FN4O5S/c1-17(2,3)9-19-16(25)21-5-4-10-6-12(23)15(14(18)11(10)7-21)22-8-13(24)20-28(22,26)27/h6,23H,4-5,7-9H2,1-3H3,(H,19,25)(H,20,24). The van der Waals surface area contributed by atoms with E-state index in [1.54, 1.807) is 4.72 Å². The van der Waals surface area contributed by atoms with E-state index in [0.717, 1.165) is 0 Å². The zero-order valence-electron chi connectivity index (χ0n) is 15.9. The van der Waals surface area contributed by atoms with Crippen LogP contribution in [0, 0.1) is 11.2 Å². The van der Waals surface area contributed by atoms with Crippen molar-refractivity contribution in [1.29, 1.82) is 0 Å². The molecule has 2 aliphatic rings. The van der Waals surface area contributed by atoms with Crippen molar-refractivity contribution in [3.8, 4) is 5.75 Å². The van der Waals surface area contributed by atoms with Crippen LogP contribution in [0.1, 0.15) is 31.9 Å². The number of carbonyl (C=O) groups excluding carboxylic acids is 2. The Morgan fingerprint density at radius 2 is 2.04 bits per heavy atom. The van der Waals surface area contributed by atoms with Gasteiger partial charge in [0.05, 0.1) is 6.54 Å². The van der Waals surface area contributed by atoms with Gasteiger partial charge in [0.15, 0.2) is 5.82 Å². The first kappa shape index (κ1) is 20.2. The number of urea groups is 1. The molecule has 11 heteroatoms. The summed E-state index contributed by atoms with van der Waals surface area (Å²) in [4.78, 5) is 25.3. The van der Waals surface area contributed by atoms with Gasteiger partial charge in [0, 0.05) is 18.7 Å². The van der Waals surface area contributed by atoms with Crippen LogP contribution in [-0.2, 0) is 28.0 Å². The van der Waals surface area contributed by atoms with Crippen LogP contribution in [0.25, 0.3) is 0 Å². The first-order chi connectivity index (χ1) is 12.9. The molecule has 0 aliphatic carbocycles. The molecule has 2 heterocycles. The molecule has 9 nitrogen and oxygen atoms in total. The molecule has 1 aromatic carbocycles. The first-order valence-corrected chi connectivity index (χ1v) is 10.2. The van der Waals surface area contributed by atoms with Crippen LogP contribution in [0.3, 0.4) is 0 Å². The fraction of sp³-hybridized carbons (Fsp3) is 0.529. The van der Waals surface area contributed by atoms with Gasteiger partial charge in [-0.25, -0.2) is 18.2 Å². The Hall–Kier alpha value is -2.56. The van der Waals surface area contributed by atoms with Crippen LogP contribution in [-0.4, -0.2) is 50.0 Å². The number of fused-ring (bicyclic) bond motifs is 1. The number of phenols is 1. The number of hydrogen-bond acceptors (Lipinski definition) is 5. The normalized spacial score (nSPS) is 18.6. The quantitative estimate of drug-likeness (QED) is 0.662. The van der Waals surface area contributed by atoms with Crippen LogP contribution in [0.15, 0.2) is 6.07 Å². The smallest absolute Gasteiger partial charge is 0.326 e. The van der Waals surface area contributed by atoms with Gasteiger partial charge in [0.2, 0.25) is 0 Å². The number of hydrogen-bond donors (Lipinski definition) is 3. The minimum absolute atomic E-state index is 0.0698. The lowest BCUT2D eigenvalue weighted by atomic mass is 9.96. The lowest BCUT2D eigenvalue weighted by Gasteiger charge is -2.31. The molecule has 0 bridgehead atoms. The highest BCUT2D eigenvalue weighted by Crippen LogP contribution is 2.39. The van der Waals surface area contributed by atoms with Gasteiger partial charge in [-0.05, 0) is 23.5 Å². The third-order valence-electron chi connectivity index (χ3n) is 4.54. The second-order valence-corrected chi connectivity index (χ2v) is 9.72. The van der Waals surface area contributed by atoms with E-state index in [1.807, 2.05) is 20.8 Å². The number of anilines is 1. The number of phenolic OH excluding ortho intramolecular Hbond substituents is 1.